The van der Waals surface area contributed by atoms with Gasteiger partial charge in [0.15, 0.2) is 0 Å². The first-order chi connectivity index (χ1) is 10.2. The maximum Gasteiger partial charge on any atom is 0.508 e. The Kier molecular flexibility index (Phi) is 13.8. The molecule has 0 radical (unpaired) electrons. The molecule has 124 valence electrons. The van der Waals surface area contributed by atoms with Gasteiger partial charge in [-0.1, -0.05) is 0 Å². The van der Waals surface area contributed by atoms with Crippen molar-refractivity contribution < 1.29 is 38.0 Å². The Hall–Kier alpha value is -1.54. The van der Waals surface area contributed by atoms with Gasteiger partial charge in [-0.15, -0.1) is 0 Å². The Balaban J connectivity index is 3.24. The molecule has 0 saturated heterocycles. The van der Waals surface area contributed by atoms with Gasteiger partial charge in [0.25, 0.3) is 0 Å². The number of hydrogen-bond donors (Lipinski definition) is 0. The van der Waals surface area contributed by atoms with E-state index in [1.165, 1.54) is 14.2 Å². The van der Waals surface area contributed by atoms with Crippen LogP contribution in [0.5, 0.6) is 0 Å². The van der Waals surface area contributed by atoms with E-state index in [0.29, 0.717) is 26.1 Å². The molecule has 0 aromatic rings. The van der Waals surface area contributed by atoms with Gasteiger partial charge < -0.3 is 28.4 Å². The van der Waals surface area contributed by atoms with E-state index in [0.717, 1.165) is 6.42 Å². The van der Waals surface area contributed by atoms with Gasteiger partial charge in [0.1, 0.15) is 13.2 Å². The zero-order chi connectivity index (χ0) is 15.8. The van der Waals surface area contributed by atoms with E-state index < -0.39 is 12.3 Å². The lowest BCUT2D eigenvalue weighted by atomic mass is 10.2. The van der Waals surface area contributed by atoms with Crippen molar-refractivity contribution in [2.24, 2.45) is 0 Å². The molecule has 8 heteroatoms. The summed E-state index contributed by atoms with van der Waals surface area (Å²) >= 11 is 0. The second kappa shape index (κ2) is 14.9. The predicted octanol–water partition coefficient (Wildman–Crippen LogP) is 1.76. The predicted molar refractivity (Wildman–Crippen MR) is 72.2 cm³/mol. The van der Waals surface area contributed by atoms with E-state index in [1.807, 2.05) is 0 Å². The van der Waals surface area contributed by atoms with Crippen molar-refractivity contribution in [2.75, 3.05) is 53.9 Å². The summed E-state index contributed by atoms with van der Waals surface area (Å²) in [5, 5.41) is 0. The number of carbonyl (C=O) groups excluding carboxylic acids is 2. The lowest BCUT2D eigenvalue weighted by molar-refractivity contribution is 0.0326. The van der Waals surface area contributed by atoms with Gasteiger partial charge in [0.05, 0.1) is 26.4 Å². The number of rotatable bonds is 12. The zero-order valence-corrected chi connectivity index (χ0v) is 12.6. The van der Waals surface area contributed by atoms with Crippen molar-refractivity contribution in [1.82, 2.24) is 0 Å². The molecule has 0 N–H and O–H groups in total. The Morgan fingerprint density at radius 1 is 0.571 bits per heavy atom. The Bertz CT molecular complexity index is 243. The first kappa shape index (κ1) is 19.5. The summed E-state index contributed by atoms with van der Waals surface area (Å²) in [7, 11) is 3.04. The van der Waals surface area contributed by atoms with Crippen LogP contribution in [0.15, 0.2) is 0 Å². The maximum atomic E-state index is 11.0. The van der Waals surface area contributed by atoms with Crippen LogP contribution in [0, 0.1) is 0 Å². The molecule has 0 aliphatic carbocycles. The molecule has 0 aromatic carbocycles. The Labute approximate surface area is 124 Å². The van der Waals surface area contributed by atoms with E-state index in [2.05, 4.69) is 0 Å². The number of unbranched alkanes of at least 4 members (excludes halogenated alkanes) is 2. The smallest absolute Gasteiger partial charge is 0.434 e. The van der Waals surface area contributed by atoms with Gasteiger partial charge in [-0.3, -0.25) is 0 Å². The van der Waals surface area contributed by atoms with Crippen LogP contribution in [-0.2, 0) is 28.4 Å². The van der Waals surface area contributed by atoms with Crippen molar-refractivity contribution >= 4 is 12.3 Å². The minimum Gasteiger partial charge on any atom is -0.434 e. The first-order valence-electron chi connectivity index (χ1n) is 6.77. The molecule has 0 aliphatic rings. The lowest BCUT2D eigenvalue weighted by Crippen LogP contribution is -2.13. The summed E-state index contributed by atoms with van der Waals surface area (Å²) in [5.74, 6) is 0. The number of carbonyl (C=O) groups is 2. The van der Waals surface area contributed by atoms with Crippen molar-refractivity contribution in [2.45, 2.75) is 19.3 Å². The third-order valence-electron chi connectivity index (χ3n) is 2.24. The van der Waals surface area contributed by atoms with Gasteiger partial charge in [0.2, 0.25) is 0 Å². The topological polar surface area (TPSA) is 89.5 Å². The minimum atomic E-state index is -0.704. The molecule has 0 fully saturated rings. The average molecular weight is 308 g/mol. The summed E-state index contributed by atoms with van der Waals surface area (Å²) in [4.78, 5) is 22.1. The molecule has 0 saturated carbocycles. The van der Waals surface area contributed by atoms with E-state index in [1.54, 1.807) is 0 Å². The summed E-state index contributed by atoms with van der Waals surface area (Å²) in [5.41, 5.74) is 0. The van der Waals surface area contributed by atoms with Crippen molar-refractivity contribution in [3.63, 3.8) is 0 Å². The molecule has 0 spiro atoms. The van der Waals surface area contributed by atoms with Gasteiger partial charge in [-0.25, -0.2) is 9.59 Å². The van der Waals surface area contributed by atoms with Crippen LogP contribution in [0.4, 0.5) is 9.59 Å². The first-order valence-corrected chi connectivity index (χ1v) is 6.77. The van der Waals surface area contributed by atoms with Crippen molar-refractivity contribution in [3.05, 3.63) is 0 Å². The van der Waals surface area contributed by atoms with Gasteiger partial charge in [-0.2, -0.15) is 0 Å². The molecule has 0 heterocycles. The second-order valence-corrected chi connectivity index (χ2v) is 3.94. The van der Waals surface area contributed by atoms with Crippen molar-refractivity contribution in [3.8, 4) is 0 Å². The minimum absolute atomic E-state index is 0.175. The highest BCUT2D eigenvalue weighted by molar-refractivity contribution is 5.60. The van der Waals surface area contributed by atoms with E-state index in [-0.39, 0.29) is 26.4 Å². The third kappa shape index (κ3) is 14.7. The standard InChI is InChI=1S/C13H24O8/c1-16-8-10-20-12(14)18-6-4-3-5-7-19-13(15)21-11-9-17-2/h3-11H2,1-2H3. The zero-order valence-electron chi connectivity index (χ0n) is 12.6. The molecule has 0 bridgehead atoms. The summed E-state index contributed by atoms with van der Waals surface area (Å²) in [6.45, 7) is 1.57. The number of ether oxygens (including phenoxy) is 6. The van der Waals surface area contributed by atoms with Crippen molar-refractivity contribution in [1.29, 1.82) is 0 Å². The quantitative estimate of drug-likeness (QED) is 0.398. The fraction of sp³-hybridized carbons (Fsp3) is 0.846. The third-order valence-corrected chi connectivity index (χ3v) is 2.24. The van der Waals surface area contributed by atoms with E-state index in [9.17, 15) is 9.59 Å². The molecule has 0 unspecified atom stereocenters. The van der Waals surface area contributed by atoms with Crippen LogP contribution in [0.2, 0.25) is 0 Å². The molecule has 0 rings (SSSR count). The van der Waals surface area contributed by atoms with Crippen LogP contribution in [0.25, 0.3) is 0 Å². The number of hydrogen-bond acceptors (Lipinski definition) is 8. The molecule has 0 amide bonds. The van der Waals surface area contributed by atoms with Gasteiger partial charge >= 0.3 is 12.3 Å². The Morgan fingerprint density at radius 2 is 0.952 bits per heavy atom. The summed E-state index contributed by atoms with van der Waals surface area (Å²) in [6.07, 6.45) is 0.689. The van der Waals surface area contributed by atoms with Crippen LogP contribution < -0.4 is 0 Å². The largest absolute Gasteiger partial charge is 0.508 e. The average Bonchev–Trinajstić information content (AvgIpc) is 2.47. The molecular formula is C13H24O8. The van der Waals surface area contributed by atoms with Crippen LogP contribution in [0.3, 0.4) is 0 Å². The molecule has 21 heavy (non-hydrogen) atoms. The van der Waals surface area contributed by atoms with Crippen LogP contribution >= 0.6 is 0 Å². The second-order valence-electron chi connectivity index (χ2n) is 3.94. The molecule has 0 aliphatic heterocycles. The SMILES string of the molecule is COCCOC(=O)OCCCCCOC(=O)OCCOC. The molecule has 8 nitrogen and oxygen atoms in total. The van der Waals surface area contributed by atoms with Gasteiger partial charge in [0, 0.05) is 14.2 Å². The summed E-state index contributed by atoms with van der Waals surface area (Å²) in [6, 6.07) is 0. The fourth-order valence-corrected chi connectivity index (χ4v) is 1.19. The highest BCUT2D eigenvalue weighted by Crippen LogP contribution is 1.99. The van der Waals surface area contributed by atoms with Gasteiger partial charge in [-0.05, 0) is 19.3 Å². The summed E-state index contributed by atoms with van der Waals surface area (Å²) < 4.78 is 28.5. The highest BCUT2D eigenvalue weighted by Gasteiger charge is 2.04. The van der Waals surface area contributed by atoms with Crippen LogP contribution in [-0.4, -0.2) is 66.2 Å². The lowest BCUT2D eigenvalue weighted by Gasteiger charge is -2.07. The monoisotopic (exact) mass is 308 g/mol. The number of methoxy groups -OCH3 is 2. The fourth-order valence-electron chi connectivity index (χ4n) is 1.19. The van der Waals surface area contributed by atoms with E-state index >= 15 is 0 Å². The molecule has 0 atom stereocenters. The maximum absolute atomic E-state index is 11.0. The molecule has 0 aromatic heterocycles. The van der Waals surface area contributed by atoms with E-state index in [4.69, 9.17) is 28.4 Å². The van der Waals surface area contributed by atoms with Crippen LogP contribution in [0.1, 0.15) is 19.3 Å². The normalized spacial score (nSPS) is 10.0. The molecular weight excluding hydrogens is 284 g/mol. The Morgan fingerprint density at radius 3 is 1.33 bits per heavy atom. The highest BCUT2D eigenvalue weighted by atomic mass is 16.7.